The number of nitrogens with two attached hydrogens (primary N) is 1. The lowest BCUT2D eigenvalue weighted by molar-refractivity contribution is -0.384. The first-order valence-electron chi connectivity index (χ1n) is 6.29. The van der Waals surface area contributed by atoms with Gasteiger partial charge in [-0.15, -0.1) is 0 Å². The second-order valence-corrected chi connectivity index (χ2v) is 5.88. The summed E-state index contributed by atoms with van der Waals surface area (Å²) in [5.74, 6) is 0.675. The van der Waals surface area contributed by atoms with E-state index in [9.17, 15) is 10.1 Å². The smallest absolute Gasteiger partial charge is 0.276 e. The van der Waals surface area contributed by atoms with Crippen LogP contribution in [0, 0.1) is 10.1 Å². The number of anilines is 2. The fraction of sp³-hybridized carbons (Fsp3) is 0.583. The number of aromatic nitrogens is 1. The van der Waals surface area contributed by atoms with E-state index in [1.54, 1.807) is 0 Å². The van der Waals surface area contributed by atoms with Gasteiger partial charge >= 0.3 is 0 Å². The van der Waals surface area contributed by atoms with Gasteiger partial charge in [-0.1, -0.05) is 0 Å². The van der Waals surface area contributed by atoms with Crippen molar-refractivity contribution in [2.45, 2.75) is 37.0 Å². The van der Waals surface area contributed by atoms with Gasteiger partial charge in [0.05, 0.1) is 17.1 Å². The number of nitro groups is 1. The lowest BCUT2D eigenvalue weighted by Gasteiger charge is -2.28. The third-order valence-electron chi connectivity index (χ3n) is 3.40. The zero-order valence-electron chi connectivity index (χ0n) is 10.8. The van der Waals surface area contributed by atoms with Gasteiger partial charge in [0.25, 0.3) is 5.69 Å². The molecule has 0 aromatic carbocycles. The molecule has 0 amide bonds. The molecule has 0 atom stereocenters. The van der Waals surface area contributed by atoms with Crippen LogP contribution < -0.4 is 11.1 Å². The molecule has 0 bridgehead atoms. The molecule has 6 nitrogen and oxygen atoms in total. The summed E-state index contributed by atoms with van der Waals surface area (Å²) in [5.41, 5.74) is 5.57. The fourth-order valence-electron chi connectivity index (χ4n) is 2.37. The van der Waals surface area contributed by atoms with Gasteiger partial charge in [0.2, 0.25) is 0 Å². The molecule has 1 aliphatic carbocycles. The van der Waals surface area contributed by atoms with Crippen LogP contribution in [-0.4, -0.2) is 27.5 Å². The monoisotopic (exact) mass is 282 g/mol. The molecule has 7 heteroatoms. The minimum absolute atomic E-state index is 0.0206. The number of pyridine rings is 1. The number of nitrogens with one attached hydrogen (secondary N) is 1. The van der Waals surface area contributed by atoms with E-state index in [-0.39, 0.29) is 11.5 Å². The van der Waals surface area contributed by atoms with Gasteiger partial charge in [0, 0.05) is 11.3 Å². The molecule has 2 rings (SSSR count). The van der Waals surface area contributed by atoms with E-state index in [0.29, 0.717) is 11.9 Å². The van der Waals surface area contributed by atoms with E-state index in [2.05, 4.69) is 16.6 Å². The fourth-order valence-corrected chi connectivity index (χ4v) is 3.11. The van der Waals surface area contributed by atoms with Crippen molar-refractivity contribution in [3.05, 3.63) is 22.2 Å². The molecule has 3 N–H and O–H groups in total. The van der Waals surface area contributed by atoms with Crippen molar-refractivity contribution in [2.75, 3.05) is 17.3 Å². The molecule has 1 aliphatic rings. The number of rotatable bonds is 4. The molecule has 104 valence electrons. The van der Waals surface area contributed by atoms with Crippen LogP contribution in [0.4, 0.5) is 17.3 Å². The highest BCUT2D eigenvalue weighted by Crippen LogP contribution is 2.29. The maximum Gasteiger partial charge on any atom is 0.276 e. The molecule has 19 heavy (non-hydrogen) atoms. The first kappa shape index (κ1) is 13.9. The summed E-state index contributed by atoms with van der Waals surface area (Å²) in [5, 5.41) is 14.8. The Morgan fingerprint density at radius 1 is 1.42 bits per heavy atom. The van der Waals surface area contributed by atoms with E-state index in [0.717, 1.165) is 18.1 Å². The third-order valence-corrected chi connectivity index (χ3v) is 4.54. The molecule has 1 aromatic rings. The van der Waals surface area contributed by atoms with Gasteiger partial charge in [0.1, 0.15) is 11.6 Å². The van der Waals surface area contributed by atoms with Crippen LogP contribution in [0.3, 0.4) is 0 Å². The summed E-state index contributed by atoms with van der Waals surface area (Å²) >= 11 is 1.91. The predicted molar refractivity (Wildman–Crippen MR) is 78.5 cm³/mol. The highest BCUT2D eigenvalue weighted by atomic mass is 32.2. The first-order chi connectivity index (χ1) is 9.08. The Hall–Kier alpha value is -1.50. The van der Waals surface area contributed by atoms with Crippen LogP contribution in [0.25, 0.3) is 0 Å². The average Bonchev–Trinajstić information content (AvgIpc) is 2.39. The van der Waals surface area contributed by atoms with Gasteiger partial charge in [-0.2, -0.15) is 11.8 Å². The highest BCUT2D eigenvalue weighted by Gasteiger charge is 2.21. The first-order valence-corrected chi connectivity index (χ1v) is 7.58. The second-order valence-electron chi connectivity index (χ2n) is 4.75. The Balaban J connectivity index is 2.01. The molecule has 0 saturated heterocycles. The molecular weight excluding hydrogens is 264 g/mol. The van der Waals surface area contributed by atoms with Gasteiger partial charge in [-0.05, 0) is 31.9 Å². The molecule has 1 heterocycles. The largest absolute Gasteiger partial charge is 0.383 e. The van der Waals surface area contributed by atoms with Gasteiger partial charge in [0.15, 0.2) is 0 Å². The second kappa shape index (κ2) is 6.10. The summed E-state index contributed by atoms with van der Waals surface area (Å²) in [7, 11) is 0. The quantitative estimate of drug-likeness (QED) is 0.651. The summed E-state index contributed by atoms with van der Waals surface area (Å²) in [6.07, 6.45) is 6.61. The zero-order chi connectivity index (χ0) is 13.8. The van der Waals surface area contributed by atoms with Crippen LogP contribution in [0.2, 0.25) is 0 Å². The Labute approximate surface area is 116 Å². The van der Waals surface area contributed by atoms with E-state index in [1.807, 2.05) is 11.8 Å². The molecule has 1 aromatic heterocycles. The van der Waals surface area contributed by atoms with Crippen LogP contribution in [0.5, 0.6) is 0 Å². The maximum absolute atomic E-state index is 10.8. The van der Waals surface area contributed by atoms with E-state index in [1.165, 1.54) is 25.0 Å². The normalized spacial score (nSPS) is 23.0. The number of nitrogen functional groups attached to an aromatic ring is 1. The van der Waals surface area contributed by atoms with E-state index >= 15 is 0 Å². The van der Waals surface area contributed by atoms with Gasteiger partial charge in [-0.3, -0.25) is 10.1 Å². The SMILES string of the molecule is CSC1CCC(Nc2cc([N+](=O)[O-])cc(N)n2)CC1. The summed E-state index contributed by atoms with van der Waals surface area (Å²) in [6, 6.07) is 3.05. The van der Waals surface area contributed by atoms with Crippen LogP contribution in [0.15, 0.2) is 12.1 Å². The van der Waals surface area contributed by atoms with Crippen molar-refractivity contribution >= 4 is 29.1 Å². The van der Waals surface area contributed by atoms with Crippen LogP contribution >= 0.6 is 11.8 Å². The summed E-state index contributed by atoms with van der Waals surface area (Å²) in [6.45, 7) is 0. The van der Waals surface area contributed by atoms with Crippen LogP contribution in [-0.2, 0) is 0 Å². The summed E-state index contributed by atoms with van der Waals surface area (Å²) < 4.78 is 0. The maximum atomic E-state index is 10.8. The minimum Gasteiger partial charge on any atom is -0.383 e. The average molecular weight is 282 g/mol. The molecule has 0 unspecified atom stereocenters. The van der Waals surface area contributed by atoms with Crippen LogP contribution in [0.1, 0.15) is 25.7 Å². The zero-order valence-corrected chi connectivity index (χ0v) is 11.7. The van der Waals surface area contributed by atoms with Crippen molar-refractivity contribution < 1.29 is 4.92 Å². The predicted octanol–water partition coefficient (Wildman–Crippen LogP) is 2.66. The number of thioether (sulfide) groups is 1. The summed E-state index contributed by atoms with van der Waals surface area (Å²) in [4.78, 5) is 14.4. The Morgan fingerprint density at radius 3 is 2.68 bits per heavy atom. The van der Waals surface area contributed by atoms with Crippen molar-refractivity contribution in [1.29, 1.82) is 0 Å². The van der Waals surface area contributed by atoms with Crippen molar-refractivity contribution in [3.8, 4) is 0 Å². The Morgan fingerprint density at radius 2 is 2.11 bits per heavy atom. The molecular formula is C12H18N4O2S. The van der Waals surface area contributed by atoms with Crippen molar-refractivity contribution in [3.63, 3.8) is 0 Å². The van der Waals surface area contributed by atoms with Gasteiger partial charge in [-0.25, -0.2) is 4.98 Å². The van der Waals surface area contributed by atoms with Gasteiger partial charge < -0.3 is 11.1 Å². The topological polar surface area (TPSA) is 94.1 Å². The standard InChI is InChI=1S/C12H18N4O2S/c1-19-10-4-2-8(3-5-10)14-12-7-9(16(17)18)6-11(13)15-12/h6-8,10H,2-5H2,1H3,(H3,13,14,15). The minimum atomic E-state index is -0.451. The number of hydrogen-bond acceptors (Lipinski definition) is 6. The lowest BCUT2D eigenvalue weighted by Crippen LogP contribution is -2.27. The lowest BCUT2D eigenvalue weighted by atomic mass is 9.95. The van der Waals surface area contributed by atoms with Crippen molar-refractivity contribution in [1.82, 2.24) is 4.98 Å². The van der Waals surface area contributed by atoms with Crippen molar-refractivity contribution in [2.24, 2.45) is 0 Å². The number of hydrogen-bond donors (Lipinski definition) is 2. The third kappa shape index (κ3) is 3.73. The highest BCUT2D eigenvalue weighted by molar-refractivity contribution is 7.99. The molecule has 0 spiro atoms. The Bertz CT molecular complexity index is 461. The Kier molecular flexibility index (Phi) is 4.47. The molecule has 0 radical (unpaired) electrons. The van der Waals surface area contributed by atoms with E-state index < -0.39 is 4.92 Å². The van der Waals surface area contributed by atoms with E-state index in [4.69, 9.17) is 5.73 Å². The molecule has 1 saturated carbocycles. The number of nitrogens with zero attached hydrogens (tertiary/aromatic N) is 2. The molecule has 0 aliphatic heterocycles. The molecule has 1 fully saturated rings.